The quantitative estimate of drug-likeness (QED) is 0.789. The Kier molecular flexibility index (Phi) is 3.20. The van der Waals surface area contributed by atoms with Crippen LogP contribution in [0, 0.1) is 0 Å². The lowest BCUT2D eigenvalue weighted by Crippen LogP contribution is -2.44. The van der Waals surface area contributed by atoms with Crippen LogP contribution in [0.2, 0.25) is 0 Å². The summed E-state index contributed by atoms with van der Waals surface area (Å²) in [5.41, 5.74) is 2.30. The van der Waals surface area contributed by atoms with Crippen LogP contribution in [-0.4, -0.2) is 26.5 Å². The number of Topliss-reactive ketones (excluding diaryl/α,β-unsaturated/α-hetero) is 1. The lowest BCUT2D eigenvalue weighted by atomic mass is 10.1. The van der Waals surface area contributed by atoms with E-state index in [4.69, 9.17) is 34.8 Å². The highest BCUT2D eigenvalue weighted by Crippen LogP contribution is 2.31. The first-order chi connectivity index (χ1) is 9.38. The van der Waals surface area contributed by atoms with Gasteiger partial charge in [0, 0.05) is 17.3 Å². The van der Waals surface area contributed by atoms with Gasteiger partial charge in [-0.25, -0.2) is 0 Å². The van der Waals surface area contributed by atoms with Crippen molar-refractivity contribution in [1.29, 1.82) is 0 Å². The molecule has 104 valence electrons. The molecule has 2 aromatic rings. The minimum Gasteiger partial charge on any atom is -0.352 e. The van der Waals surface area contributed by atoms with Gasteiger partial charge in [-0.3, -0.25) is 9.59 Å². The molecule has 1 aliphatic carbocycles. The highest BCUT2D eigenvalue weighted by molar-refractivity contribution is 6.76. The maximum Gasteiger partial charge on any atom is 0.272 e. The predicted octanol–water partition coefficient (Wildman–Crippen LogP) is 2.76. The predicted molar refractivity (Wildman–Crippen MR) is 78.6 cm³/mol. The summed E-state index contributed by atoms with van der Waals surface area (Å²) in [7, 11) is 0. The Balaban J connectivity index is 1.90. The second kappa shape index (κ2) is 4.65. The van der Waals surface area contributed by atoms with E-state index in [1.165, 1.54) is 0 Å². The van der Waals surface area contributed by atoms with E-state index in [0.29, 0.717) is 12.1 Å². The fourth-order valence-corrected chi connectivity index (χ4v) is 2.61. The highest BCUT2D eigenvalue weighted by atomic mass is 35.6. The molecule has 2 N–H and O–H groups in total. The molecule has 0 fully saturated rings. The molecule has 1 aromatic carbocycles. The van der Waals surface area contributed by atoms with Gasteiger partial charge in [0.25, 0.3) is 9.70 Å². The molecule has 3 rings (SSSR count). The topological polar surface area (TPSA) is 62.0 Å². The molecule has 0 aliphatic heterocycles. The zero-order chi connectivity index (χ0) is 14.5. The highest BCUT2D eigenvalue weighted by Gasteiger charge is 2.39. The van der Waals surface area contributed by atoms with Gasteiger partial charge in [-0.05, 0) is 11.6 Å². The summed E-state index contributed by atoms with van der Waals surface area (Å²) in [6.45, 7) is 0. The summed E-state index contributed by atoms with van der Waals surface area (Å²) in [6.07, 6.45) is 0.394. The molecule has 7 heteroatoms. The Bertz CT molecular complexity index is 718. The molecule has 20 heavy (non-hydrogen) atoms. The van der Waals surface area contributed by atoms with Crippen LogP contribution >= 0.6 is 34.8 Å². The number of hydrogen-bond acceptors (Lipinski definition) is 2. The monoisotopic (exact) mass is 330 g/mol. The molecule has 1 amide bonds. The van der Waals surface area contributed by atoms with Crippen molar-refractivity contribution in [1.82, 2.24) is 10.3 Å². The zero-order valence-electron chi connectivity index (χ0n) is 10.0. The molecule has 1 unspecified atom stereocenters. The summed E-state index contributed by atoms with van der Waals surface area (Å²) in [5.74, 6) is -0.992. The first-order valence-electron chi connectivity index (χ1n) is 5.89. The average molecular weight is 332 g/mol. The van der Waals surface area contributed by atoms with Crippen LogP contribution in [-0.2, 0) is 11.2 Å². The Labute approximate surface area is 129 Å². The number of carbonyl (C=O) groups is 2. The van der Waals surface area contributed by atoms with Gasteiger partial charge in [0.05, 0.1) is 11.7 Å². The van der Waals surface area contributed by atoms with Crippen LogP contribution in [0.25, 0.3) is 10.9 Å². The summed E-state index contributed by atoms with van der Waals surface area (Å²) < 4.78 is -2.07. The van der Waals surface area contributed by atoms with E-state index >= 15 is 0 Å². The molecule has 0 saturated carbocycles. The van der Waals surface area contributed by atoms with Crippen molar-refractivity contribution in [2.75, 3.05) is 0 Å². The number of halogens is 3. The fraction of sp³-hybridized carbons (Fsp3) is 0.231. The maximum atomic E-state index is 12.3. The first kappa shape index (κ1) is 13.7. The van der Waals surface area contributed by atoms with E-state index in [1.807, 2.05) is 24.3 Å². The van der Waals surface area contributed by atoms with Crippen molar-refractivity contribution in [3.05, 3.63) is 35.5 Å². The van der Waals surface area contributed by atoms with Crippen molar-refractivity contribution in [3.63, 3.8) is 0 Å². The van der Waals surface area contributed by atoms with Gasteiger partial charge in [-0.15, -0.1) is 0 Å². The van der Waals surface area contributed by atoms with Gasteiger partial charge < -0.3 is 10.3 Å². The molecule has 0 saturated heterocycles. The Morgan fingerprint density at radius 1 is 1.30 bits per heavy atom. The van der Waals surface area contributed by atoms with Gasteiger partial charge in [-0.1, -0.05) is 53.0 Å². The third-order valence-corrected chi connectivity index (χ3v) is 3.86. The summed E-state index contributed by atoms with van der Waals surface area (Å²) >= 11 is 16.5. The van der Waals surface area contributed by atoms with Crippen molar-refractivity contribution in [2.45, 2.75) is 16.3 Å². The average Bonchev–Trinajstić information content (AvgIpc) is 2.87. The van der Waals surface area contributed by atoms with Crippen LogP contribution in [0.5, 0.6) is 0 Å². The van der Waals surface area contributed by atoms with Crippen LogP contribution in [0.3, 0.4) is 0 Å². The normalized spacial score (nSPS) is 18.4. The van der Waals surface area contributed by atoms with E-state index in [-0.39, 0.29) is 5.78 Å². The summed E-state index contributed by atoms with van der Waals surface area (Å²) in [5, 5.41) is 3.44. The van der Waals surface area contributed by atoms with Crippen molar-refractivity contribution >= 4 is 57.4 Å². The molecule has 0 spiro atoms. The van der Waals surface area contributed by atoms with Gasteiger partial charge in [-0.2, -0.15) is 0 Å². The van der Waals surface area contributed by atoms with E-state index in [2.05, 4.69) is 10.3 Å². The Hall–Kier alpha value is -1.23. The van der Waals surface area contributed by atoms with E-state index in [0.717, 1.165) is 16.5 Å². The number of carbonyl (C=O) groups excluding carboxylic acids is 2. The molecule has 1 atom stereocenters. The van der Waals surface area contributed by atoms with Crippen LogP contribution in [0.15, 0.2) is 24.3 Å². The van der Waals surface area contributed by atoms with Crippen LogP contribution in [0.4, 0.5) is 0 Å². The molecule has 4 nitrogen and oxygen atoms in total. The number of H-pyrrole nitrogens is 1. The second-order valence-electron chi connectivity index (χ2n) is 4.62. The van der Waals surface area contributed by atoms with E-state index < -0.39 is 15.7 Å². The van der Waals surface area contributed by atoms with Crippen LogP contribution in [0.1, 0.15) is 16.1 Å². The number of hydrogen-bond donors (Lipinski definition) is 2. The summed E-state index contributed by atoms with van der Waals surface area (Å²) in [4.78, 5) is 27.0. The van der Waals surface area contributed by atoms with Crippen molar-refractivity contribution in [3.8, 4) is 0 Å². The number of nitrogens with one attached hydrogen (secondary N) is 2. The number of alkyl halides is 3. The molecule has 1 aromatic heterocycles. The number of benzene rings is 1. The first-order valence-corrected chi connectivity index (χ1v) is 7.03. The summed E-state index contributed by atoms with van der Waals surface area (Å²) in [6, 6.07) is 6.92. The molecular formula is C13H9Cl3N2O2. The number of rotatable bonds is 1. The van der Waals surface area contributed by atoms with Gasteiger partial charge in [0.1, 0.15) is 0 Å². The molecule has 0 bridgehead atoms. The third kappa shape index (κ3) is 2.18. The number of fused-ring (bicyclic) bond motifs is 3. The Morgan fingerprint density at radius 3 is 2.70 bits per heavy atom. The van der Waals surface area contributed by atoms with Gasteiger partial charge in [0.15, 0.2) is 0 Å². The van der Waals surface area contributed by atoms with Crippen molar-refractivity contribution < 1.29 is 9.59 Å². The van der Waals surface area contributed by atoms with Crippen LogP contribution < -0.4 is 5.32 Å². The second-order valence-corrected chi connectivity index (χ2v) is 6.90. The maximum absolute atomic E-state index is 12.3. The fourth-order valence-electron chi connectivity index (χ4n) is 2.45. The molecule has 0 radical (unpaired) electrons. The smallest absolute Gasteiger partial charge is 0.272 e. The number of ketones is 1. The minimum absolute atomic E-state index is 0.196. The lowest BCUT2D eigenvalue weighted by molar-refractivity contribution is -0.120. The van der Waals surface area contributed by atoms with Gasteiger partial charge in [0.2, 0.25) is 5.78 Å². The minimum atomic E-state index is -2.07. The van der Waals surface area contributed by atoms with Gasteiger partial charge >= 0.3 is 0 Å². The standard InChI is InChI=1S/C13H9Cl3N2O2/c14-13(15,16)12(20)18-9-5-7-6-3-1-2-4-8(6)17-10(7)11(9)19/h1-4,9,17H,5H2,(H,18,20). The number of para-hydroxylation sites is 1. The van der Waals surface area contributed by atoms with Crippen molar-refractivity contribution in [2.24, 2.45) is 0 Å². The number of aromatic nitrogens is 1. The Morgan fingerprint density at radius 2 is 2.00 bits per heavy atom. The molecule has 1 aliphatic rings. The largest absolute Gasteiger partial charge is 0.352 e. The van der Waals surface area contributed by atoms with E-state index in [1.54, 1.807) is 0 Å². The lowest BCUT2D eigenvalue weighted by Gasteiger charge is -2.15. The molecule has 1 heterocycles. The van der Waals surface area contributed by atoms with E-state index in [9.17, 15) is 9.59 Å². The number of amides is 1. The SMILES string of the molecule is O=C1c2[nH]c3ccccc3c2CC1NC(=O)C(Cl)(Cl)Cl. The number of aromatic amines is 1. The molecular weight excluding hydrogens is 323 g/mol. The third-order valence-electron chi connectivity index (χ3n) is 3.35. The zero-order valence-corrected chi connectivity index (χ0v) is 12.3.